The second kappa shape index (κ2) is 5.80. The van der Waals surface area contributed by atoms with Crippen LogP contribution in [0.25, 0.3) is 0 Å². The Kier molecular flexibility index (Phi) is 4.35. The number of ether oxygens (including phenoxy) is 3. The van der Waals surface area contributed by atoms with Gasteiger partial charge in [-0.3, -0.25) is 4.79 Å². The number of rotatable bonds is 4. The van der Waals surface area contributed by atoms with Crippen molar-refractivity contribution in [2.24, 2.45) is 0 Å². The van der Waals surface area contributed by atoms with Crippen LogP contribution in [-0.2, 0) is 19.0 Å². The van der Waals surface area contributed by atoms with Gasteiger partial charge >= 0.3 is 5.97 Å². The molecule has 0 aromatic heterocycles. The van der Waals surface area contributed by atoms with Gasteiger partial charge in [0.2, 0.25) is 0 Å². The van der Waals surface area contributed by atoms with E-state index in [-0.39, 0.29) is 25.1 Å². The third-order valence-corrected chi connectivity index (χ3v) is 3.37. The highest BCUT2D eigenvalue weighted by molar-refractivity contribution is 5.95. The largest absolute Gasteiger partial charge is 0.463 e. The molecule has 1 aliphatic carbocycles. The van der Waals surface area contributed by atoms with Crippen molar-refractivity contribution < 1.29 is 19.0 Å². The van der Waals surface area contributed by atoms with E-state index < -0.39 is 5.79 Å². The van der Waals surface area contributed by atoms with Crippen molar-refractivity contribution in [1.29, 1.82) is 5.41 Å². The number of hydrogen-bond donors (Lipinski definition) is 1. The quantitative estimate of drug-likeness (QED) is 0.616. The normalized spacial score (nSPS) is 26.2. The molecule has 2 rings (SSSR count). The van der Waals surface area contributed by atoms with E-state index in [1.807, 2.05) is 0 Å². The van der Waals surface area contributed by atoms with Crippen molar-refractivity contribution in [2.45, 2.75) is 57.3 Å². The summed E-state index contributed by atoms with van der Waals surface area (Å²) in [4.78, 5) is 11.3. The van der Waals surface area contributed by atoms with Gasteiger partial charge in [-0.2, -0.15) is 0 Å². The molecule has 1 spiro atoms. The van der Waals surface area contributed by atoms with Crippen molar-refractivity contribution in [3.8, 4) is 0 Å². The van der Waals surface area contributed by atoms with Gasteiger partial charge in [0.25, 0.3) is 0 Å². The van der Waals surface area contributed by atoms with Crippen LogP contribution in [0.15, 0.2) is 0 Å². The molecule has 1 unspecified atom stereocenters. The van der Waals surface area contributed by atoms with Crippen molar-refractivity contribution >= 4 is 11.7 Å². The molecule has 2 aliphatic rings. The van der Waals surface area contributed by atoms with Crippen molar-refractivity contribution in [3.63, 3.8) is 0 Å². The highest BCUT2D eigenvalue weighted by Gasteiger charge is 2.42. The number of carbonyl (C=O) groups is 1. The summed E-state index contributed by atoms with van der Waals surface area (Å²) in [5.41, 5.74) is 0.312. The summed E-state index contributed by atoms with van der Waals surface area (Å²) < 4.78 is 16.7. The minimum atomic E-state index is -0.410. The molecule has 5 nitrogen and oxygen atoms in total. The number of esters is 1. The maximum Gasteiger partial charge on any atom is 0.311 e. The first kappa shape index (κ1) is 13.5. The predicted molar refractivity (Wildman–Crippen MR) is 65.6 cm³/mol. The van der Waals surface area contributed by atoms with Crippen LogP contribution in [0.4, 0.5) is 0 Å². The molecule has 1 heterocycles. The molecule has 0 radical (unpaired) electrons. The second-order valence-corrected chi connectivity index (χ2v) is 5.16. The average molecular weight is 255 g/mol. The Balaban J connectivity index is 1.72. The smallest absolute Gasteiger partial charge is 0.311 e. The molecule has 1 saturated heterocycles. The first-order valence-corrected chi connectivity index (χ1v) is 6.61. The first-order valence-electron chi connectivity index (χ1n) is 6.61. The Morgan fingerprint density at radius 1 is 1.39 bits per heavy atom. The summed E-state index contributed by atoms with van der Waals surface area (Å²) in [5.74, 6) is -0.775. The highest BCUT2D eigenvalue weighted by Crippen LogP contribution is 2.37. The number of nitrogens with one attached hydrogen (secondary N) is 1. The van der Waals surface area contributed by atoms with Gasteiger partial charge in [0, 0.05) is 18.6 Å². The Morgan fingerprint density at radius 3 is 2.78 bits per heavy atom. The zero-order valence-corrected chi connectivity index (χ0v) is 10.9. The summed E-state index contributed by atoms with van der Waals surface area (Å²) in [6.45, 7) is 2.32. The van der Waals surface area contributed by atoms with Gasteiger partial charge in [-0.25, -0.2) is 0 Å². The van der Waals surface area contributed by atoms with E-state index >= 15 is 0 Å². The molecule has 1 aliphatic heterocycles. The maximum absolute atomic E-state index is 11.3. The van der Waals surface area contributed by atoms with Crippen LogP contribution >= 0.6 is 0 Å². The van der Waals surface area contributed by atoms with Crippen LogP contribution in [0.3, 0.4) is 0 Å². The fraction of sp³-hybridized carbons (Fsp3) is 0.846. The first-order chi connectivity index (χ1) is 8.60. The Labute approximate surface area is 107 Å². The molecule has 1 saturated carbocycles. The van der Waals surface area contributed by atoms with Crippen LogP contribution in [0.2, 0.25) is 0 Å². The van der Waals surface area contributed by atoms with Gasteiger partial charge < -0.3 is 19.6 Å². The van der Waals surface area contributed by atoms with Crippen LogP contribution in [-0.4, -0.2) is 36.8 Å². The fourth-order valence-corrected chi connectivity index (χ4v) is 2.50. The van der Waals surface area contributed by atoms with E-state index in [1.165, 1.54) is 6.42 Å². The molecule has 0 aromatic carbocycles. The van der Waals surface area contributed by atoms with Gasteiger partial charge in [-0.15, -0.1) is 0 Å². The number of hydrogen-bond acceptors (Lipinski definition) is 5. The highest BCUT2D eigenvalue weighted by atomic mass is 16.8. The molecule has 0 aromatic rings. The fourth-order valence-electron chi connectivity index (χ4n) is 2.50. The van der Waals surface area contributed by atoms with Crippen LogP contribution in [0, 0.1) is 5.41 Å². The lowest BCUT2D eigenvalue weighted by atomic mass is 9.94. The van der Waals surface area contributed by atoms with E-state index in [2.05, 4.69) is 0 Å². The molecule has 18 heavy (non-hydrogen) atoms. The lowest BCUT2D eigenvalue weighted by Gasteiger charge is -2.31. The summed E-state index contributed by atoms with van der Waals surface area (Å²) in [7, 11) is 0. The predicted octanol–water partition coefficient (Wildman–Crippen LogP) is 2.04. The third kappa shape index (κ3) is 3.53. The molecule has 102 valence electrons. The van der Waals surface area contributed by atoms with E-state index in [1.54, 1.807) is 6.92 Å². The van der Waals surface area contributed by atoms with E-state index in [0.29, 0.717) is 12.3 Å². The number of carbonyl (C=O) groups excluding carboxylic acids is 1. The summed E-state index contributed by atoms with van der Waals surface area (Å²) >= 11 is 0. The van der Waals surface area contributed by atoms with Crippen molar-refractivity contribution in [3.05, 3.63) is 0 Å². The van der Waals surface area contributed by atoms with Gasteiger partial charge in [0.05, 0.1) is 13.0 Å². The zero-order valence-electron chi connectivity index (χ0n) is 10.9. The molecular weight excluding hydrogens is 234 g/mol. The minimum absolute atomic E-state index is 0.0543. The summed E-state index contributed by atoms with van der Waals surface area (Å²) in [6, 6.07) is 0. The monoisotopic (exact) mass is 255 g/mol. The topological polar surface area (TPSA) is 68.6 Å². The Bertz CT molecular complexity index is 323. The SMILES string of the molecule is CC(=N)CC(=O)OCC1COC2(CCCCC2)O1. The maximum atomic E-state index is 11.3. The van der Waals surface area contributed by atoms with Gasteiger partial charge in [-0.1, -0.05) is 6.42 Å². The van der Waals surface area contributed by atoms with Gasteiger partial charge in [0.15, 0.2) is 5.79 Å². The van der Waals surface area contributed by atoms with Gasteiger partial charge in [-0.05, 0) is 19.8 Å². The zero-order chi connectivity index (χ0) is 13.0. The Hall–Kier alpha value is -0.940. The van der Waals surface area contributed by atoms with E-state index in [0.717, 1.165) is 25.7 Å². The molecule has 5 heteroatoms. The van der Waals surface area contributed by atoms with E-state index in [4.69, 9.17) is 19.6 Å². The summed E-state index contributed by atoms with van der Waals surface area (Å²) in [5, 5.41) is 7.21. The van der Waals surface area contributed by atoms with Crippen LogP contribution in [0.1, 0.15) is 45.4 Å². The Morgan fingerprint density at radius 2 is 2.11 bits per heavy atom. The lowest BCUT2D eigenvalue weighted by molar-refractivity contribution is -0.192. The van der Waals surface area contributed by atoms with Crippen molar-refractivity contribution in [1.82, 2.24) is 0 Å². The van der Waals surface area contributed by atoms with Crippen LogP contribution < -0.4 is 0 Å². The van der Waals surface area contributed by atoms with Crippen molar-refractivity contribution in [2.75, 3.05) is 13.2 Å². The minimum Gasteiger partial charge on any atom is -0.463 e. The molecule has 1 N–H and O–H groups in total. The van der Waals surface area contributed by atoms with E-state index in [9.17, 15) is 4.79 Å². The second-order valence-electron chi connectivity index (χ2n) is 5.16. The molecule has 1 atom stereocenters. The molecule has 2 fully saturated rings. The third-order valence-electron chi connectivity index (χ3n) is 3.37. The van der Waals surface area contributed by atoms with Gasteiger partial charge in [0.1, 0.15) is 12.7 Å². The lowest BCUT2D eigenvalue weighted by Crippen LogP contribution is -2.34. The molecular formula is C13H21NO4. The molecule has 0 bridgehead atoms. The molecule has 0 amide bonds. The average Bonchev–Trinajstić information content (AvgIpc) is 2.70. The summed E-state index contributed by atoms with van der Waals surface area (Å²) in [6.07, 6.45) is 5.30. The standard InChI is InChI=1S/C13H21NO4/c1-10(14)7-12(15)16-8-11-9-17-13(18-11)5-3-2-4-6-13/h11,14H,2-9H2,1H3. The van der Waals surface area contributed by atoms with Crippen LogP contribution in [0.5, 0.6) is 0 Å².